The number of carbonyl (C=O) groups excluding carboxylic acids is 2. The summed E-state index contributed by atoms with van der Waals surface area (Å²) in [5, 5.41) is 14.2. The highest BCUT2D eigenvalue weighted by atomic mass is 16.4. The molecule has 6 heteroatoms. The molecule has 0 aromatic heterocycles. The van der Waals surface area contributed by atoms with Crippen LogP contribution in [0.1, 0.15) is 33.5 Å². The van der Waals surface area contributed by atoms with Gasteiger partial charge in [-0.1, -0.05) is 42.0 Å². The molecule has 27 heavy (non-hydrogen) atoms. The van der Waals surface area contributed by atoms with Gasteiger partial charge in [-0.15, -0.1) is 0 Å². The topological polar surface area (TPSA) is 95.5 Å². The third-order valence-corrected chi connectivity index (χ3v) is 4.14. The molecule has 6 nitrogen and oxygen atoms in total. The average molecular weight is 368 g/mol. The van der Waals surface area contributed by atoms with Gasteiger partial charge in [-0.2, -0.15) is 0 Å². The number of hydrogen-bond acceptors (Lipinski definition) is 3. The van der Waals surface area contributed by atoms with E-state index in [0.717, 1.165) is 11.1 Å². The summed E-state index contributed by atoms with van der Waals surface area (Å²) in [6.45, 7) is 2.38. The van der Waals surface area contributed by atoms with E-state index in [1.165, 1.54) is 17.7 Å². The highest BCUT2D eigenvalue weighted by Gasteiger charge is 2.06. The Morgan fingerprint density at radius 3 is 2.04 bits per heavy atom. The van der Waals surface area contributed by atoms with Crippen LogP contribution in [0, 0.1) is 6.92 Å². The predicted octanol–water partition coefficient (Wildman–Crippen LogP) is 2.10. The van der Waals surface area contributed by atoms with Gasteiger partial charge in [0.2, 0.25) is 11.8 Å². The molecular weight excluding hydrogens is 344 g/mol. The molecule has 0 atom stereocenters. The van der Waals surface area contributed by atoms with Crippen LogP contribution in [0.25, 0.3) is 0 Å². The zero-order chi connectivity index (χ0) is 19.6. The van der Waals surface area contributed by atoms with Crippen LogP contribution in [0.2, 0.25) is 0 Å². The largest absolute Gasteiger partial charge is 0.478 e. The van der Waals surface area contributed by atoms with Crippen LogP contribution < -0.4 is 10.6 Å². The summed E-state index contributed by atoms with van der Waals surface area (Å²) in [5.41, 5.74) is 3.44. The Balaban J connectivity index is 1.61. The molecule has 3 N–H and O–H groups in total. The molecular formula is C21H24N2O4. The molecule has 0 aliphatic heterocycles. The van der Waals surface area contributed by atoms with Crippen molar-refractivity contribution in [1.29, 1.82) is 0 Å². The number of carboxylic acids is 1. The molecule has 2 aromatic carbocycles. The van der Waals surface area contributed by atoms with Crippen LogP contribution in [0.5, 0.6) is 0 Å². The first-order valence-electron chi connectivity index (χ1n) is 8.85. The average Bonchev–Trinajstić information content (AvgIpc) is 2.66. The molecule has 0 aliphatic rings. The van der Waals surface area contributed by atoms with E-state index in [4.69, 9.17) is 5.11 Å². The molecule has 0 aliphatic carbocycles. The summed E-state index contributed by atoms with van der Waals surface area (Å²) in [4.78, 5) is 34.4. The third-order valence-electron chi connectivity index (χ3n) is 4.14. The van der Waals surface area contributed by atoms with Crippen molar-refractivity contribution in [1.82, 2.24) is 10.6 Å². The zero-order valence-electron chi connectivity index (χ0n) is 15.3. The fourth-order valence-electron chi connectivity index (χ4n) is 2.50. The molecule has 142 valence electrons. The van der Waals surface area contributed by atoms with Crippen LogP contribution >= 0.6 is 0 Å². The lowest BCUT2D eigenvalue weighted by atomic mass is 10.1. The SMILES string of the molecule is Cc1ccc(CCC(=O)NCC(=O)NCCc2ccc(C(=O)O)cc2)cc1. The maximum absolute atomic E-state index is 11.8. The molecule has 0 saturated heterocycles. The van der Waals surface area contributed by atoms with Gasteiger partial charge in [0, 0.05) is 13.0 Å². The fourth-order valence-corrected chi connectivity index (χ4v) is 2.50. The summed E-state index contributed by atoms with van der Waals surface area (Å²) >= 11 is 0. The molecule has 0 heterocycles. The molecule has 2 amide bonds. The summed E-state index contributed by atoms with van der Waals surface area (Å²) in [5.74, 6) is -1.37. The maximum Gasteiger partial charge on any atom is 0.335 e. The standard InChI is InChI=1S/C21H24N2O4/c1-15-2-4-16(5-3-15)8-11-19(24)23-14-20(25)22-13-12-17-6-9-18(10-7-17)21(26)27/h2-7,9-10H,8,11-14H2,1H3,(H,22,25)(H,23,24)(H,26,27). The van der Waals surface area contributed by atoms with Crippen LogP contribution in [0.15, 0.2) is 48.5 Å². The van der Waals surface area contributed by atoms with E-state index in [0.29, 0.717) is 25.8 Å². The minimum absolute atomic E-state index is 0.0509. The van der Waals surface area contributed by atoms with Crippen molar-refractivity contribution in [2.45, 2.75) is 26.2 Å². The number of aromatic carboxylic acids is 1. The van der Waals surface area contributed by atoms with Crippen molar-refractivity contribution >= 4 is 17.8 Å². The lowest BCUT2D eigenvalue weighted by Crippen LogP contribution is -2.37. The number of nitrogens with one attached hydrogen (secondary N) is 2. The van der Waals surface area contributed by atoms with Gasteiger partial charge in [0.15, 0.2) is 0 Å². The molecule has 0 unspecified atom stereocenters. The normalized spacial score (nSPS) is 10.3. The van der Waals surface area contributed by atoms with Crippen LogP contribution in [-0.4, -0.2) is 36.0 Å². The smallest absolute Gasteiger partial charge is 0.335 e. The molecule has 0 fully saturated rings. The Kier molecular flexibility index (Phi) is 7.55. The predicted molar refractivity (Wildman–Crippen MR) is 103 cm³/mol. The Hall–Kier alpha value is -3.15. The van der Waals surface area contributed by atoms with Gasteiger partial charge in [-0.25, -0.2) is 4.79 Å². The molecule has 2 aromatic rings. The van der Waals surface area contributed by atoms with E-state index >= 15 is 0 Å². The van der Waals surface area contributed by atoms with E-state index < -0.39 is 5.97 Å². The second-order valence-electron chi connectivity index (χ2n) is 6.36. The number of benzene rings is 2. The van der Waals surface area contributed by atoms with Gasteiger partial charge in [-0.3, -0.25) is 9.59 Å². The molecule has 0 spiro atoms. The number of carboxylic acid groups (broad SMARTS) is 1. The number of amides is 2. The van der Waals surface area contributed by atoms with E-state index in [9.17, 15) is 14.4 Å². The summed E-state index contributed by atoms with van der Waals surface area (Å²) < 4.78 is 0. The summed E-state index contributed by atoms with van der Waals surface area (Å²) in [7, 11) is 0. The van der Waals surface area contributed by atoms with Crippen LogP contribution in [0.4, 0.5) is 0 Å². The van der Waals surface area contributed by atoms with Crippen molar-refractivity contribution in [3.05, 3.63) is 70.8 Å². The first-order chi connectivity index (χ1) is 12.9. The minimum Gasteiger partial charge on any atom is -0.478 e. The first-order valence-corrected chi connectivity index (χ1v) is 8.85. The second kappa shape index (κ2) is 10.1. The molecule has 2 rings (SSSR count). The van der Waals surface area contributed by atoms with Gasteiger partial charge in [-0.05, 0) is 43.0 Å². The molecule has 0 bridgehead atoms. The summed E-state index contributed by atoms with van der Waals surface area (Å²) in [6.07, 6.45) is 1.57. The molecule has 0 radical (unpaired) electrons. The lowest BCUT2D eigenvalue weighted by Gasteiger charge is -2.08. The Morgan fingerprint density at radius 1 is 0.815 bits per heavy atom. The highest BCUT2D eigenvalue weighted by molar-refractivity contribution is 5.87. The monoisotopic (exact) mass is 368 g/mol. The Labute approximate surface area is 158 Å². The third kappa shape index (κ3) is 7.32. The van der Waals surface area contributed by atoms with Crippen LogP contribution in [-0.2, 0) is 22.4 Å². The van der Waals surface area contributed by atoms with E-state index in [2.05, 4.69) is 10.6 Å². The summed E-state index contributed by atoms with van der Waals surface area (Å²) in [6, 6.07) is 14.5. The number of rotatable bonds is 9. The Morgan fingerprint density at radius 2 is 1.41 bits per heavy atom. The van der Waals surface area contributed by atoms with Gasteiger partial charge in [0.25, 0.3) is 0 Å². The van der Waals surface area contributed by atoms with Gasteiger partial charge in [0.1, 0.15) is 0 Å². The van der Waals surface area contributed by atoms with Crippen LogP contribution in [0.3, 0.4) is 0 Å². The van der Waals surface area contributed by atoms with Crippen molar-refractivity contribution in [3.63, 3.8) is 0 Å². The second-order valence-corrected chi connectivity index (χ2v) is 6.36. The van der Waals surface area contributed by atoms with E-state index in [-0.39, 0.29) is 23.9 Å². The van der Waals surface area contributed by atoms with Gasteiger partial charge < -0.3 is 15.7 Å². The van der Waals surface area contributed by atoms with Gasteiger partial charge >= 0.3 is 5.97 Å². The van der Waals surface area contributed by atoms with E-state index in [1.807, 2.05) is 31.2 Å². The minimum atomic E-state index is -0.965. The Bertz CT molecular complexity index is 783. The van der Waals surface area contributed by atoms with Crippen molar-refractivity contribution in [2.24, 2.45) is 0 Å². The van der Waals surface area contributed by atoms with E-state index in [1.54, 1.807) is 12.1 Å². The lowest BCUT2D eigenvalue weighted by molar-refractivity contribution is -0.126. The first kappa shape index (κ1) is 20.2. The van der Waals surface area contributed by atoms with Gasteiger partial charge in [0.05, 0.1) is 12.1 Å². The number of hydrogen-bond donors (Lipinski definition) is 3. The highest BCUT2D eigenvalue weighted by Crippen LogP contribution is 2.06. The number of carbonyl (C=O) groups is 3. The van der Waals surface area contributed by atoms with Crippen molar-refractivity contribution < 1.29 is 19.5 Å². The van der Waals surface area contributed by atoms with Crippen molar-refractivity contribution in [2.75, 3.05) is 13.1 Å². The fraction of sp³-hybridized carbons (Fsp3) is 0.286. The number of aryl methyl sites for hydroxylation is 2. The maximum atomic E-state index is 11.8. The molecule has 0 saturated carbocycles. The zero-order valence-corrected chi connectivity index (χ0v) is 15.3. The van der Waals surface area contributed by atoms with Crippen molar-refractivity contribution in [3.8, 4) is 0 Å². The quantitative estimate of drug-likeness (QED) is 0.632.